The van der Waals surface area contributed by atoms with Crippen LogP contribution >= 0.6 is 0 Å². The van der Waals surface area contributed by atoms with Gasteiger partial charge < -0.3 is 10.4 Å². The van der Waals surface area contributed by atoms with Crippen LogP contribution in [-0.2, 0) is 20.2 Å². The summed E-state index contributed by atoms with van der Waals surface area (Å²) >= 11 is 0. The lowest BCUT2D eigenvalue weighted by molar-refractivity contribution is -0.123. The summed E-state index contributed by atoms with van der Waals surface area (Å²) in [6.45, 7) is 7.04. The van der Waals surface area contributed by atoms with Gasteiger partial charge in [0.25, 0.3) is 0 Å². The van der Waals surface area contributed by atoms with E-state index in [1.165, 1.54) is 7.05 Å². The lowest BCUT2D eigenvalue weighted by Crippen LogP contribution is -2.47. The molecule has 0 saturated heterocycles. The van der Waals surface area contributed by atoms with Crippen molar-refractivity contribution in [3.05, 3.63) is 29.3 Å². The van der Waals surface area contributed by atoms with E-state index in [0.29, 0.717) is 5.56 Å². The second kappa shape index (κ2) is 6.76. The molecule has 0 bridgehead atoms. The molecule has 1 rings (SSSR count). The number of nitrogens with one attached hydrogen (secondary N) is 2. The summed E-state index contributed by atoms with van der Waals surface area (Å²) < 4.78 is 27.3. The zero-order valence-corrected chi connectivity index (χ0v) is 14.4. The van der Waals surface area contributed by atoms with Crippen molar-refractivity contribution >= 4 is 15.9 Å². The Labute approximate surface area is 132 Å². The van der Waals surface area contributed by atoms with Crippen LogP contribution < -0.4 is 10.0 Å². The van der Waals surface area contributed by atoms with Crippen molar-refractivity contribution < 1.29 is 18.3 Å². The van der Waals surface area contributed by atoms with Crippen LogP contribution in [0.4, 0.5) is 0 Å². The molecule has 22 heavy (non-hydrogen) atoms. The zero-order valence-electron chi connectivity index (χ0n) is 13.6. The monoisotopic (exact) mass is 328 g/mol. The highest BCUT2D eigenvalue weighted by Gasteiger charge is 2.27. The number of hydrogen-bond donors (Lipinski definition) is 3. The summed E-state index contributed by atoms with van der Waals surface area (Å²) in [7, 11) is -2.53. The molecule has 1 amide bonds. The van der Waals surface area contributed by atoms with Gasteiger partial charge in [0.1, 0.15) is 6.04 Å². The number of sulfonamides is 1. The Bertz CT molecular complexity index is 648. The summed E-state index contributed by atoms with van der Waals surface area (Å²) in [5.74, 6) is -0.587. The van der Waals surface area contributed by atoms with Crippen LogP contribution in [0.3, 0.4) is 0 Å². The predicted octanol–water partition coefficient (Wildman–Crippen LogP) is 0.678. The van der Waals surface area contributed by atoms with Gasteiger partial charge in [-0.25, -0.2) is 8.42 Å². The van der Waals surface area contributed by atoms with Gasteiger partial charge >= 0.3 is 0 Å². The first-order valence-corrected chi connectivity index (χ1v) is 8.47. The van der Waals surface area contributed by atoms with Gasteiger partial charge in [0.2, 0.25) is 15.9 Å². The molecule has 0 heterocycles. The zero-order chi connectivity index (χ0) is 17.1. The minimum absolute atomic E-state index is 0.113. The van der Waals surface area contributed by atoms with E-state index in [-0.39, 0.29) is 10.3 Å². The topological polar surface area (TPSA) is 95.5 Å². The summed E-state index contributed by atoms with van der Waals surface area (Å²) in [6.07, 6.45) is 0. The van der Waals surface area contributed by atoms with Gasteiger partial charge in [0.05, 0.1) is 11.5 Å². The van der Waals surface area contributed by atoms with Crippen molar-refractivity contribution in [3.8, 4) is 0 Å². The average Bonchev–Trinajstić information content (AvgIpc) is 2.42. The van der Waals surface area contributed by atoms with Gasteiger partial charge in [-0.15, -0.1) is 0 Å². The van der Waals surface area contributed by atoms with Crippen molar-refractivity contribution in [2.24, 2.45) is 0 Å². The molecular formula is C15H24N2O4S. The molecule has 0 unspecified atom stereocenters. The summed E-state index contributed by atoms with van der Waals surface area (Å²) in [5.41, 5.74) is 1.25. The smallest absolute Gasteiger partial charge is 0.241 e. The Morgan fingerprint density at radius 3 is 2.36 bits per heavy atom. The molecular weight excluding hydrogens is 304 g/mol. The third kappa shape index (κ3) is 4.28. The van der Waals surface area contributed by atoms with Crippen LogP contribution in [0.5, 0.6) is 0 Å². The number of amides is 1. The molecule has 6 nitrogen and oxygen atoms in total. The fourth-order valence-corrected chi connectivity index (χ4v) is 3.41. The Morgan fingerprint density at radius 2 is 1.91 bits per heavy atom. The van der Waals surface area contributed by atoms with E-state index in [4.69, 9.17) is 0 Å². The van der Waals surface area contributed by atoms with Crippen molar-refractivity contribution in [2.75, 3.05) is 13.7 Å². The minimum Gasteiger partial charge on any atom is -0.394 e. The summed E-state index contributed by atoms with van der Waals surface area (Å²) in [4.78, 5) is 11.7. The maximum Gasteiger partial charge on any atom is 0.241 e. The molecule has 0 radical (unpaired) electrons. The highest BCUT2D eigenvalue weighted by atomic mass is 32.2. The lowest BCUT2D eigenvalue weighted by Gasteiger charge is -2.21. The van der Waals surface area contributed by atoms with Crippen molar-refractivity contribution in [3.63, 3.8) is 0 Å². The SMILES string of the molecule is CNC(=O)[C@H](CO)NS(=O)(=O)c1cc(C(C)(C)C)ccc1C. The van der Waals surface area contributed by atoms with Crippen molar-refractivity contribution in [1.29, 1.82) is 0 Å². The molecule has 0 aliphatic heterocycles. The lowest BCUT2D eigenvalue weighted by atomic mass is 9.87. The quantitative estimate of drug-likeness (QED) is 0.740. The largest absolute Gasteiger partial charge is 0.394 e. The number of aliphatic hydroxyl groups is 1. The first-order chi connectivity index (χ1) is 10.0. The van der Waals surface area contributed by atoms with Crippen LogP contribution in [0.1, 0.15) is 31.9 Å². The van der Waals surface area contributed by atoms with Gasteiger partial charge in [-0.2, -0.15) is 4.72 Å². The second-order valence-corrected chi connectivity index (χ2v) is 7.88. The normalized spacial score (nSPS) is 13.7. The molecule has 0 aliphatic rings. The molecule has 1 aromatic carbocycles. The summed E-state index contributed by atoms with van der Waals surface area (Å²) in [6, 6.07) is 4.02. The average molecular weight is 328 g/mol. The van der Waals surface area contributed by atoms with E-state index in [2.05, 4.69) is 10.0 Å². The number of likely N-dealkylation sites (N-methyl/N-ethyl adjacent to an activating group) is 1. The molecule has 1 atom stereocenters. The fourth-order valence-electron chi connectivity index (χ4n) is 1.95. The fraction of sp³-hybridized carbons (Fsp3) is 0.533. The Kier molecular flexibility index (Phi) is 5.72. The number of rotatable bonds is 5. The number of carbonyl (C=O) groups excluding carboxylic acids is 1. The molecule has 0 spiro atoms. The van der Waals surface area contributed by atoms with Gasteiger partial charge in [-0.05, 0) is 29.5 Å². The molecule has 1 aromatic rings. The number of benzene rings is 1. The number of aliphatic hydroxyl groups excluding tert-OH is 1. The van der Waals surface area contributed by atoms with E-state index in [9.17, 15) is 18.3 Å². The van der Waals surface area contributed by atoms with Crippen LogP contribution in [-0.4, -0.2) is 39.1 Å². The molecule has 0 saturated carbocycles. The maximum absolute atomic E-state index is 12.5. The second-order valence-electron chi connectivity index (χ2n) is 6.20. The molecule has 3 N–H and O–H groups in total. The first kappa shape index (κ1) is 18.6. The van der Waals surface area contributed by atoms with E-state index >= 15 is 0 Å². The van der Waals surface area contributed by atoms with Crippen LogP contribution in [0.25, 0.3) is 0 Å². The van der Waals surface area contributed by atoms with Gasteiger partial charge in [0.15, 0.2) is 0 Å². The predicted molar refractivity (Wildman–Crippen MR) is 85.1 cm³/mol. The first-order valence-electron chi connectivity index (χ1n) is 6.99. The molecule has 124 valence electrons. The number of hydrogen-bond acceptors (Lipinski definition) is 4. The number of aryl methyl sites for hydroxylation is 1. The van der Waals surface area contributed by atoms with E-state index in [1.807, 2.05) is 26.8 Å². The van der Waals surface area contributed by atoms with Gasteiger partial charge in [-0.3, -0.25) is 4.79 Å². The Balaban J connectivity index is 3.25. The number of carbonyl (C=O) groups is 1. The third-order valence-corrected chi connectivity index (χ3v) is 5.00. The molecule has 0 fully saturated rings. The van der Waals surface area contributed by atoms with Crippen LogP contribution in [0, 0.1) is 6.92 Å². The summed E-state index contributed by atoms with van der Waals surface area (Å²) in [5, 5.41) is 11.5. The van der Waals surface area contributed by atoms with E-state index in [1.54, 1.807) is 19.1 Å². The molecule has 0 aliphatic carbocycles. The van der Waals surface area contributed by atoms with Crippen LogP contribution in [0.2, 0.25) is 0 Å². The van der Waals surface area contributed by atoms with E-state index in [0.717, 1.165) is 5.56 Å². The Morgan fingerprint density at radius 1 is 1.32 bits per heavy atom. The van der Waals surface area contributed by atoms with E-state index < -0.39 is 28.6 Å². The molecule has 0 aromatic heterocycles. The highest BCUT2D eigenvalue weighted by Crippen LogP contribution is 2.26. The minimum atomic E-state index is -3.91. The maximum atomic E-state index is 12.5. The van der Waals surface area contributed by atoms with Gasteiger partial charge in [0, 0.05) is 7.05 Å². The van der Waals surface area contributed by atoms with Gasteiger partial charge in [-0.1, -0.05) is 32.9 Å². The van der Waals surface area contributed by atoms with Crippen LogP contribution in [0.15, 0.2) is 23.1 Å². The van der Waals surface area contributed by atoms with Crippen molar-refractivity contribution in [1.82, 2.24) is 10.0 Å². The van der Waals surface area contributed by atoms with Crippen molar-refractivity contribution in [2.45, 2.75) is 44.0 Å². The molecule has 7 heteroatoms. The highest BCUT2D eigenvalue weighted by molar-refractivity contribution is 7.89. The standard InChI is InChI=1S/C15H24N2O4S/c1-10-6-7-11(15(2,3)4)8-13(10)22(20,21)17-12(9-18)14(19)16-5/h6-8,12,17-18H,9H2,1-5H3,(H,16,19)/t12-/m0/s1. The Hall–Kier alpha value is -1.44. The third-order valence-electron chi connectivity index (χ3n) is 3.39.